The molecule has 0 aliphatic heterocycles. The first-order valence-corrected chi connectivity index (χ1v) is 4.08. The third-order valence-corrected chi connectivity index (χ3v) is 1.97. The number of furan rings is 1. The zero-order valence-electron chi connectivity index (χ0n) is 7.09. The molecule has 0 aliphatic carbocycles. The van der Waals surface area contributed by atoms with E-state index in [0.29, 0.717) is 6.42 Å². The lowest BCUT2D eigenvalue weighted by Gasteiger charge is -1.92. The van der Waals surface area contributed by atoms with Crippen molar-refractivity contribution >= 4 is 10.8 Å². The Kier molecular flexibility index (Phi) is 1.89. The van der Waals surface area contributed by atoms with Gasteiger partial charge in [0.1, 0.15) is 11.6 Å². The highest BCUT2D eigenvalue weighted by Crippen LogP contribution is 2.22. The van der Waals surface area contributed by atoms with Gasteiger partial charge in [-0.05, 0) is 18.2 Å². The van der Waals surface area contributed by atoms with Crippen LogP contribution >= 0.6 is 0 Å². The average Bonchev–Trinajstić information content (AvgIpc) is 2.49. The summed E-state index contributed by atoms with van der Waals surface area (Å²) in [6.45, 7) is 3.61. The Hall–Kier alpha value is -1.57. The second-order valence-corrected chi connectivity index (χ2v) is 2.88. The van der Waals surface area contributed by atoms with E-state index in [-0.39, 0.29) is 5.82 Å². The van der Waals surface area contributed by atoms with Crippen molar-refractivity contribution in [3.8, 4) is 0 Å². The minimum Gasteiger partial charge on any atom is -0.468 e. The Morgan fingerprint density at radius 1 is 1.46 bits per heavy atom. The van der Waals surface area contributed by atoms with Crippen molar-refractivity contribution in [1.82, 2.24) is 0 Å². The molecule has 0 spiro atoms. The summed E-state index contributed by atoms with van der Waals surface area (Å²) in [7, 11) is 0. The molecular formula is C11H9FO. The zero-order chi connectivity index (χ0) is 9.26. The van der Waals surface area contributed by atoms with Gasteiger partial charge in [-0.25, -0.2) is 4.39 Å². The summed E-state index contributed by atoms with van der Waals surface area (Å²) in [4.78, 5) is 0. The number of hydrogen-bond acceptors (Lipinski definition) is 1. The molecule has 0 unspecified atom stereocenters. The Morgan fingerprint density at radius 2 is 2.31 bits per heavy atom. The van der Waals surface area contributed by atoms with Crippen LogP contribution < -0.4 is 0 Å². The van der Waals surface area contributed by atoms with Crippen molar-refractivity contribution in [2.75, 3.05) is 0 Å². The van der Waals surface area contributed by atoms with Crippen LogP contribution in [0.5, 0.6) is 0 Å². The summed E-state index contributed by atoms with van der Waals surface area (Å²) in [6.07, 6.45) is 4.00. The highest BCUT2D eigenvalue weighted by atomic mass is 19.1. The molecule has 0 bridgehead atoms. The first-order valence-electron chi connectivity index (χ1n) is 4.08. The summed E-state index contributed by atoms with van der Waals surface area (Å²) in [5.74, 6) is 0.531. The van der Waals surface area contributed by atoms with Crippen LogP contribution in [0.15, 0.2) is 41.5 Å². The van der Waals surface area contributed by atoms with Crippen LogP contribution in [0, 0.1) is 5.82 Å². The maximum absolute atomic E-state index is 12.9. The fourth-order valence-corrected chi connectivity index (χ4v) is 1.36. The summed E-state index contributed by atoms with van der Waals surface area (Å²) in [5, 5.41) is 1.76. The molecule has 0 saturated heterocycles. The quantitative estimate of drug-likeness (QED) is 0.640. The van der Waals surface area contributed by atoms with Gasteiger partial charge in [-0.3, -0.25) is 0 Å². The lowest BCUT2D eigenvalue weighted by molar-refractivity contribution is 0.528. The highest BCUT2D eigenvalue weighted by molar-refractivity contribution is 5.84. The fourth-order valence-electron chi connectivity index (χ4n) is 1.36. The van der Waals surface area contributed by atoms with E-state index in [1.807, 2.05) is 0 Å². The molecule has 2 aromatic rings. The van der Waals surface area contributed by atoms with E-state index < -0.39 is 0 Å². The normalized spacial score (nSPS) is 10.5. The maximum atomic E-state index is 12.9. The van der Waals surface area contributed by atoms with Crippen molar-refractivity contribution < 1.29 is 8.81 Å². The van der Waals surface area contributed by atoms with Gasteiger partial charge in [0.25, 0.3) is 0 Å². The summed E-state index contributed by atoms with van der Waals surface area (Å²) >= 11 is 0. The van der Waals surface area contributed by atoms with Gasteiger partial charge in [0.15, 0.2) is 0 Å². The van der Waals surface area contributed by atoms with Crippen LogP contribution in [-0.2, 0) is 6.42 Å². The zero-order valence-corrected chi connectivity index (χ0v) is 7.09. The van der Waals surface area contributed by atoms with Crippen LogP contribution in [0.25, 0.3) is 10.8 Å². The number of fused-ring (bicyclic) bond motifs is 1. The molecule has 1 heterocycles. The third-order valence-electron chi connectivity index (χ3n) is 1.97. The van der Waals surface area contributed by atoms with Crippen molar-refractivity contribution in [1.29, 1.82) is 0 Å². The van der Waals surface area contributed by atoms with Gasteiger partial charge in [0.05, 0.1) is 6.26 Å². The smallest absolute Gasteiger partial charge is 0.123 e. The minimum absolute atomic E-state index is 0.237. The molecule has 0 fully saturated rings. The van der Waals surface area contributed by atoms with Crippen LogP contribution in [0.1, 0.15) is 5.76 Å². The number of halogens is 1. The van der Waals surface area contributed by atoms with Crippen molar-refractivity contribution in [2.24, 2.45) is 0 Å². The first-order chi connectivity index (χ1) is 6.31. The van der Waals surface area contributed by atoms with Crippen molar-refractivity contribution in [3.05, 3.63) is 48.7 Å². The van der Waals surface area contributed by atoms with Crippen LogP contribution in [0.4, 0.5) is 4.39 Å². The second kappa shape index (κ2) is 3.05. The van der Waals surface area contributed by atoms with Crippen LogP contribution in [0.2, 0.25) is 0 Å². The SMILES string of the molecule is C=CCc1occ2ccc(F)cc12. The number of hydrogen-bond donors (Lipinski definition) is 0. The Bertz CT molecular complexity index is 442. The summed E-state index contributed by atoms with van der Waals surface area (Å²) < 4.78 is 18.1. The van der Waals surface area contributed by atoms with E-state index >= 15 is 0 Å². The van der Waals surface area contributed by atoms with Crippen LogP contribution in [0.3, 0.4) is 0 Å². The van der Waals surface area contributed by atoms with Gasteiger partial charge in [-0.1, -0.05) is 6.08 Å². The van der Waals surface area contributed by atoms with Gasteiger partial charge in [0, 0.05) is 17.2 Å². The first kappa shape index (κ1) is 8.05. The molecule has 0 N–H and O–H groups in total. The number of allylic oxidation sites excluding steroid dienone is 1. The maximum Gasteiger partial charge on any atom is 0.123 e. The van der Waals surface area contributed by atoms with E-state index in [9.17, 15) is 4.39 Å². The van der Waals surface area contributed by atoms with Crippen LogP contribution in [-0.4, -0.2) is 0 Å². The molecule has 0 aliphatic rings. The monoisotopic (exact) mass is 176 g/mol. The number of benzene rings is 1. The predicted octanol–water partition coefficient (Wildman–Crippen LogP) is 3.30. The Balaban J connectivity index is 2.64. The average molecular weight is 176 g/mol. The second-order valence-electron chi connectivity index (χ2n) is 2.88. The molecular weight excluding hydrogens is 167 g/mol. The molecule has 0 radical (unpaired) electrons. The highest BCUT2D eigenvalue weighted by Gasteiger charge is 2.04. The topological polar surface area (TPSA) is 13.1 Å². The summed E-state index contributed by atoms with van der Waals surface area (Å²) in [6, 6.07) is 4.62. The van der Waals surface area contributed by atoms with Crippen molar-refractivity contribution in [3.63, 3.8) is 0 Å². The van der Waals surface area contributed by atoms with E-state index in [1.54, 1.807) is 18.4 Å². The lowest BCUT2D eigenvalue weighted by Crippen LogP contribution is -1.78. The van der Waals surface area contributed by atoms with Gasteiger partial charge < -0.3 is 4.42 Å². The molecule has 0 amide bonds. The molecule has 0 saturated carbocycles. The molecule has 0 atom stereocenters. The van der Waals surface area contributed by atoms with Gasteiger partial charge in [-0.15, -0.1) is 6.58 Å². The standard InChI is InChI=1S/C11H9FO/c1-2-3-11-10-6-9(12)5-4-8(10)7-13-11/h2,4-7H,1,3H2. The van der Waals surface area contributed by atoms with Gasteiger partial charge >= 0.3 is 0 Å². The van der Waals surface area contributed by atoms with E-state index in [1.165, 1.54) is 12.1 Å². The van der Waals surface area contributed by atoms with E-state index in [4.69, 9.17) is 4.42 Å². The van der Waals surface area contributed by atoms with Gasteiger partial charge in [0.2, 0.25) is 0 Å². The molecule has 1 aromatic heterocycles. The molecule has 66 valence electrons. The molecule has 1 aromatic carbocycles. The molecule has 13 heavy (non-hydrogen) atoms. The Labute approximate surface area is 75.5 Å². The van der Waals surface area contributed by atoms with Gasteiger partial charge in [-0.2, -0.15) is 0 Å². The minimum atomic E-state index is -0.237. The molecule has 1 nitrogen and oxygen atoms in total. The lowest BCUT2D eigenvalue weighted by atomic mass is 10.1. The van der Waals surface area contributed by atoms with Crippen molar-refractivity contribution in [2.45, 2.75) is 6.42 Å². The Morgan fingerprint density at radius 3 is 3.08 bits per heavy atom. The predicted molar refractivity (Wildman–Crippen MR) is 50.1 cm³/mol. The largest absolute Gasteiger partial charge is 0.468 e. The number of rotatable bonds is 2. The molecule has 2 heteroatoms. The van der Waals surface area contributed by atoms with E-state index in [0.717, 1.165) is 16.5 Å². The third kappa shape index (κ3) is 1.35. The molecule has 2 rings (SSSR count). The summed E-state index contributed by atoms with van der Waals surface area (Å²) in [5.41, 5.74) is 0. The fraction of sp³-hybridized carbons (Fsp3) is 0.0909. The van der Waals surface area contributed by atoms with E-state index in [2.05, 4.69) is 6.58 Å².